The molecular weight excluding hydrogens is 284 g/mol. The van der Waals surface area contributed by atoms with E-state index in [0.29, 0.717) is 6.54 Å². The van der Waals surface area contributed by atoms with E-state index in [9.17, 15) is 10.1 Å². The van der Waals surface area contributed by atoms with Crippen LogP contribution >= 0.6 is 22.9 Å². The van der Waals surface area contributed by atoms with Gasteiger partial charge in [-0.15, -0.1) is 11.3 Å². The van der Waals surface area contributed by atoms with Crippen LogP contribution in [0.25, 0.3) is 0 Å². The summed E-state index contributed by atoms with van der Waals surface area (Å²) in [4.78, 5) is 10.3. The Balaban J connectivity index is 1.98. The second-order valence-corrected chi connectivity index (χ2v) is 5.76. The van der Waals surface area contributed by atoms with Crippen LogP contribution in [0.4, 0.5) is 5.69 Å². The van der Waals surface area contributed by atoms with Gasteiger partial charge in [-0.2, -0.15) is 0 Å². The molecule has 1 unspecified atom stereocenters. The van der Waals surface area contributed by atoms with Crippen molar-refractivity contribution in [3.05, 3.63) is 61.3 Å². The molecule has 0 spiro atoms. The van der Waals surface area contributed by atoms with E-state index >= 15 is 0 Å². The Morgan fingerprint density at radius 2 is 2.26 bits per heavy atom. The third kappa shape index (κ3) is 3.76. The summed E-state index contributed by atoms with van der Waals surface area (Å²) in [5.41, 5.74) is 2.13. The molecule has 1 aromatic carbocycles. The molecule has 100 valence electrons. The summed E-state index contributed by atoms with van der Waals surface area (Å²) in [5, 5.41) is 16.0. The minimum Gasteiger partial charge on any atom is -0.306 e. The third-order valence-corrected chi connectivity index (χ3v) is 3.93. The first kappa shape index (κ1) is 14.0. The van der Waals surface area contributed by atoms with Crippen LogP contribution in [0.15, 0.2) is 35.7 Å². The fourth-order valence-electron chi connectivity index (χ4n) is 1.72. The molecule has 0 amide bonds. The van der Waals surface area contributed by atoms with Crippen molar-refractivity contribution in [2.75, 3.05) is 0 Å². The molecule has 1 atom stereocenters. The highest BCUT2D eigenvalue weighted by atomic mass is 35.5. The van der Waals surface area contributed by atoms with Crippen LogP contribution in [0.1, 0.15) is 24.1 Å². The van der Waals surface area contributed by atoms with Gasteiger partial charge < -0.3 is 5.32 Å². The lowest BCUT2D eigenvalue weighted by atomic mass is 10.1. The molecule has 0 aliphatic carbocycles. The van der Waals surface area contributed by atoms with Crippen LogP contribution in [0.2, 0.25) is 4.34 Å². The minimum atomic E-state index is -0.383. The van der Waals surface area contributed by atoms with Gasteiger partial charge in [-0.3, -0.25) is 10.1 Å². The number of benzene rings is 1. The van der Waals surface area contributed by atoms with Crippen LogP contribution in [0.5, 0.6) is 0 Å². The van der Waals surface area contributed by atoms with Crippen molar-refractivity contribution in [1.82, 2.24) is 5.32 Å². The maximum Gasteiger partial charge on any atom is 0.269 e. The lowest BCUT2D eigenvalue weighted by Crippen LogP contribution is -2.17. The van der Waals surface area contributed by atoms with Gasteiger partial charge in [-0.1, -0.05) is 23.7 Å². The highest BCUT2D eigenvalue weighted by Gasteiger charge is 2.09. The molecule has 0 fully saturated rings. The van der Waals surface area contributed by atoms with E-state index in [4.69, 9.17) is 11.6 Å². The topological polar surface area (TPSA) is 55.2 Å². The summed E-state index contributed by atoms with van der Waals surface area (Å²) in [5.74, 6) is 0. The van der Waals surface area contributed by atoms with Gasteiger partial charge in [0, 0.05) is 24.7 Å². The average Bonchev–Trinajstić information content (AvgIpc) is 2.83. The van der Waals surface area contributed by atoms with Gasteiger partial charge in [-0.25, -0.2) is 0 Å². The predicted octanol–water partition coefficient (Wildman–Crippen LogP) is 4.16. The zero-order valence-corrected chi connectivity index (χ0v) is 11.9. The van der Waals surface area contributed by atoms with Crippen molar-refractivity contribution in [3.63, 3.8) is 0 Å². The van der Waals surface area contributed by atoms with Crippen molar-refractivity contribution in [1.29, 1.82) is 0 Å². The van der Waals surface area contributed by atoms with Crippen molar-refractivity contribution in [2.45, 2.75) is 19.5 Å². The Labute approximate surface area is 120 Å². The van der Waals surface area contributed by atoms with Gasteiger partial charge in [0.05, 0.1) is 9.26 Å². The van der Waals surface area contributed by atoms with E-state index in [1.165, 1.54) is 17.4 Å². The largest absolute Gasteiger partial charge is 0.306 e. The van der Waals surface area contributed by atoms with E-state index < -0.39 is 0 Å². The molecule has 4 nitrogen and oxygen atoms in total. The first-order valence-corrected chi connectivity index (χ1v) is 7.02. The maximum absolute atomic E-state index is 10.7. The van der Waals surface area contributed by atoms with Crippen molar-refractivity contribution >= 4 is 28.6 Å². The fourth-order valence-corrected chi connectivity index (χ4v) is 2.70. The molecule has 0 aliphatic heterocycles. The predicted molar refractivity (Wildman–Crippen MR) is 77.7 cm³/mol. The smallest absolute Gasteiger partial charge is 0.269 e. The number of nitro groups is 1. The number of nitrogens with one attached hydrogen (secondary N) is 1. The van der Waals surface area contributed by atoms with E-state index in [-0.39, 0.29) is 16.7 Å². The van der Waals surface area contributed by atoms with Gasteiger partial charge in [0.25, 0.3) is 5.69 Å². The second kappa shape index (κ2) is 6.14. The Kier molecular flexibility index (Phi) is 4.52. The van der Waals surface area contributed by atoms with Crippen molar-refractivity contribution < 1.29 is 4.92 Å². The zero-order chi connectivity index (χ0) is 13.8. The third-order valence-electron chi connectivity index (χ3n) is 2.82. The summed E-state index contributed by atoms with van der Waals surface area (Å²) in [6, 6.07) is 8.72. The molecule has 1 N–H and O–H groups in total. The Hall–Kier alpha value is -1.43. The quantitative estimate of drug-likeness (QED) is 0.666. The molecule has 0 radical (unpaired) electrons. The molecule has 0 saturated heterocycles. The van der Waals surface area contributed by atoms with Gasteiger partial charge in [-0.05, 0) is 29.5 Å². The molecule has 0 aliphatic rings. The highest BCUT2D eigenvalue weighted by Crippen LogP contribution is 2.25. The van der Waals surface area contributed by atoms with Gasteiger partial charge in [0.1, 0.15) is 0 Å². The van der Waals surface area contributed by atoms with Gasteiger partial charge >= 0.3 is 0 Å². The summed E-state index contributed by atoms with van der Waals surface area (Å²) in [7, 11) is 0. The van der Waals surface area contributed by atoms with E-state index in [2.05, 4.69) is 5.32 Å². The van der Waals surface area contributed by atoms with Crippen LogP contribution < -0.4 is 5.32 Å². The van der Waals surface area contributed by atoms with Crippen molar-refractivity contribution in [2.24, 2.45) is 0 Å². The summed E-state index contributed by atoms with van der Waals surface area (Å²) >= 11 is 7.39. The summed E-state index contributed by atoms with van der Waals surface area (Å²) in [6.45, 7) is 2.62. The molecule has 0 bridgehead atoms. The maximum atomic E-state index is 10.7. The zero-order valence-electron chi connectivity index (χ0n) is 10.3. The number of hydrogen-bond donors (Lipinski definition) is 1. The summed E-state index contributed by atoms with van der Waals surface area (Å²) < 4.78 is 0.763. The number of hydrogen-bond acceptors (Lipinski definition) is 4. The lowest BCUT2D eigenvalue weighted by Gasteiger charge is -2.12. The number of nitro benzene ring substituents is 1. The lowest BCUT2D eigenvalue weighted by molar-refractivity contribution is -0.384. The molecule has 1 aromatic heterocycles. The standard InChI is InChI=1S/C13H13ClN2O2S/c1-9(11-6-13(14)19-8-11)15-7-10-3-2-4-12(5-10)16(17)18/h2-6,8-9,15H,7H2,1H3. The van der Waals surface area contributed by atoms with E-state index in [1.54, 1.807) is 12.1 Å². The Bertz CT molecular complexity index is 586. The molecular formula is C13H13ClN2O2S. The number of non-ortho nitro benzene ring substituents is 1. The number of thiophene rings is 1. The van der Waals surface area contributed by atoms with E-state index in [1.807, 2.05) is 24.4 Å². The molecule has 2 aromatic rings. The van der Waals surface area contributed by atoms with Crippen LogP contribution in [-0.4, -0.2) is 4.92 Å². The Morgan fingerprint density at radius 3 is 2.89 bits per heavy atom. The number of halogens is 1. The van der Waals surface area contributed by atoms with Crippen LogP contribution in [-0.2, 0) is 6.54 Å². The molecule has 1 heterocycles. The second-order valence-electron chi connectivity index (χ2n) is 4.21. The number of nitrogens with zero attached hydrogens (tertiary/aromatic N) is 1. The average molecular weight is 297 g/mol. The normalized spacial score (nSPS) is 12.3. The monoisotopic (exact) mass is 296 g/mol. The summed E-state index contributed by atoms with van der Waals surface area (Å²) in [6.07, 6.45) is 0. The molecule has 2 rings (SSSR count). The van der Waals surface area contributed by atoms with Gasteiger partial charge in [0.2, 0.25) is 0 Å². The van der Waals surface area contributed by atoms with Crippen molar-refractivity contribution in [3.8, 4) is 0 Å². The Morgan fingerprint density at radius 1 is 1.47 bits per heavy atom. The molecule has 19 heavy (non-hydrogen) atoms. The fraction of sp³-hybridized carbons (Fsp3) is 0.231. The van der Waals surface area contributed by atoms with Crippen LogP contribution in [0.3, 0.4) is 0 Å². The van der Waals surface area contributed by atoms with Crippen LogP contribution in [0, 0.1) is 10.1 Å². The van der Waals surface area contributed by atoms with E-state index in [0.717, 1.165) is 15.5 Å². The highest BCUT2D eigenvalue weighted by molar-refractivity contribution is 7.14. The number of rotatable bonds is 5. The molecule has 0 saturated carbocycles. The van der Waals surface area contributed by atoms with Gasteiger partial charge in [0.15, 0.2) is 0 Å². The molecule has 6 heteroatoms. The first-order valence-electron chi connectivity index (χ1n) is 5.77. The first-order chi connectivity index (χ1) is 9.06. The SMILES string of the molecule is CC(NCc1cccc([N+](=O)[O-])c1)c1csc(Cl)c1. The minimum absolute atomic E-state index is 0.116.